The number of methoxy groups -OCH3 is 1. The summed E-state index contributed by atoms with van der Waals surface area (Å²) in [5.74, 6) is 0.833. The van der Waals surface area contributed by atoms with E-state index in [4.69, 9.17) is 10.5 Å². The van der Waals surface area contributed by atoms with Gasteiger partial charge in [0.25, 0.3) is 0 Å². The van der Waals surface area contributed by atoms with Gasteiger partial charge in [-0.15, -0.1) is 0 Å². The second kappa shape index (κ2) is 6.84. The number of ether oxygens (including phenoxy) is 1. The first kappa shape index (κ1) is 14.9. The molecular weight excluding hydrogens is 282 g/mol. The predicted octanol–water partition coefficient (Wildman–Crippen LogP) is 4.57. The van der Waals surface area contributed by atoms with Crippen molar-refractivity contribution >= 4 is 11.3 Å². The SMILES string of the molecule is COc1ccc(/C(=C(/N)c2ccccc2)c2ccccc2)cc1. The van der Waals surface area contributed by atoms with E-state index in [0.717, 1.165) is 33.7 Å². The quantitative estimate of drug-likeness (QED) is 0.716. The molecule has 0 aliphatic heterocycles. The molecule has 0 aliphatic carbocycles. The van der Waals surface area contributed by atoms with Crippen molar-refractivity contribution in [1.29, 1.82) is 0 Å². The Morgan fingerprint density at radius 3 is 1.65 bits per heavy atom. The van der Waals surface area contributed by atoms with Crippen LogP contribution in [-0.2, 0) is 0 Å². The van der Waals surface area contributed by atoms with Gasteiger partial charge in [-0.3, -0.25) is 0 Å². The third kappa shape index (κ3) is 3.27. The zero-order valence-corrected chi connectivity index (χ0v) is 13.1. The van der Waals surface area contributed by atoms with Crippen LogP contribution >= 0.6 is 0 Å². The van der Waals surface area contributed by atoms with Crippen LogP contribution in [0, 0.1) is 0 Å². The number of hydrogen-bond acceptors (Lipinski definition) is 2. The Hall–Kier alpha value is -3.00. The van der Waals surface area contributed by atoms with Crippen molar-refractivity contribution in [3.8, 4) is 5.75 Å². The third-order valence-electron chi connectivity index (χ3n) is 3.80. The molecule has 0 amide bonds. The summed E-state index contributed by atoms with van der Waals surface area (Å²) in [5, 5.41) is 0. The van der Waals surface area contributed by atoms with Crippen molar-refractivity contribution in [1.82, 2.24) is 0 Å². The first-order valence-corrected chi connectivity index (χ1v) is 7.54. The second-order valence-electron chi connectivity index (χ2n) is 5.25. The van der Waals surface area contributed by atoms with Gasteiger partial charge in [-0.2, -0.15) is 0 Å². The minimum Gasteiger partial charge on any atom is -0.497 e. The predicted molar refractivity (Wildman–Crippen MR) is 96.0 cm³/mol. The van der Waals surface area contributed by atoms with Crippen LogP contribution in [0.5, 0.6) is 5.75 Å². The number of hydrogen-bond donors (Lipinski definition) is 1. The maximum atomic E-state index is 6.52. The summed E-state index contributed by atoms with van der Waals surface area (Å²) in [7, 11) is 1.67. The molecule has 2 heteroatoms. The molecule has 0 aromatic heterocycles. The standard InChI is InChI=1S/C21H19NO/c1-23-19-14-12-17(13-15-19)20(16-8-4-2-5-9-16)21(22)18-10-6-3-7-11-18/h2-15H,22H2,1H3/b21-20+. The first-order chi connectivity index (χ1) is 11.3. The van der Waals surface area contributed by atoms with Crippen LogP contribution in [0.15, 0.2) is 84.9 Å². The van der Waals surface area contributed by atoms with Crippen molar-refractivity contribution in [3.63, 3.8) is 0 Å². The fourth-order valence-corrected chi connectivity index (χ4v) is 2.60. The summed E-state index contributed by atoms with van der Waals surface area (Å²) in [6.45, 7) is 0. The van der Waals surface area contributed by atoms with E-state index in [1.54, 1.807) is 7.11 Å². The molecule has 0 aliphatic rings. The minimum atomic E-state index is 0.766. The highest BCUT2D eigenvalue weighted by Crippen LogP contribution is 2.30. The molecule has 0 radical (unpaired) electrons. The fourth-order valence-electron chi connectivity index (χ4n) is 2.60. The average molecular weight is 301 g/mol. The average Bonchev–Trinajstić information content (AvgIpc) is 2.64. The van der Waals surface area contributed by atoms with Crippen molar-refractivity contribution in [2.45, 2.75) is 0 Å². The van der Waals surface area contributed by atoms with Crippen LogP contribution < -0.4 is 10.5 Å². The molecule has 23 heavy (non-hydrogen) atoms. The van der Waals surface area contributed by atoms with Crippen LogP contribution in [0.25, 0.3) is 11.3 Å². The number of nitrogens with two attached hydrogens (primary N) is 1. The third-order valence-corrected chi connectivity index (χ3v) is 3.80. The van der Waals surface area contributed by atoms with Crippen LogP contribution in [-0.4, -0.2) is 7.11 Å². The monoisotopic (exact) mass is 301 g/mol. The highest BCUT2D eigenvalue weighted by molar-refractivity contribution is 5.97. The lowest BCUT2D eigenvalue weighted by atomic mass is 9.93. The molecule has 3 aromatic rings. The second-order valence-corrected chi connectivity index (χ2v) is 5.25. The van der Waals surface area contributed by atoms with E-state index in [0.29, 0.717) is 0 Å². The Morgan fingerprint density at radius 1 is 0.652 bits per heavy atom. The maximum Gasteiger partial charge on any atom is 0.118 e. The summed E-state index contributed by atoms with van der Waals surface area (Å²) in [6, 6.07) is 28.3. The largest absolute Gasteiger partial charge is 0.497 e. The van der Waals surface area contributed by atoms with Gasteiger partial charge < -0.3 is 10.5 Å². The number of benzene rings is 3. The van der Waals surface area contributed by atoms with E-state index in [2.05, 4.69) is 12.1 Å². The Morgan fingerprint density at radius 2 is 1.13 bits per heavy atom. The van der Waals surface area contributed by atoms with Crippen LogP contribution in [0.3, 0.4) is 0 Å². The summed E-state index contributed by atoms with van der Waals surface area (Å²) in [6.07, 6.45) is 0. The van der Waals surface area contributed by atoms with Gasteiger partial charge in [0.15, 0.2) is 0 Å². The molecule has 0 saturated carbocycles. The van der Waals surface area contributed by atoms with Gasteiger partial charge in [0.05, 0.1) is 7.11 Å². The Labute approximate surface area is 136 Å². The molecule has 0 saturated heterocycles. The van der Waals surface area contributed by atoms with E-state index in [9.17, 15) is 0 Å². The Bertz CT molecular complexity index is 790. The minimum absolute atomic E-state index is 0.766. The maximum absolute atomic E-state index is 6.52. The molecule has 3 rings (SSSR count). The zero-order valence-electron chi connectivity index (χ0n) is 13.1. The lowest BCUT2D eigenvalue weighted by molar-refractivity contribution is 0.415. The summed E-state index contributed by atoms with van der Waals surface area (Å²) in [5.41, 5.74) is 11.5. The molecule has 3 aromatic carbocycles. The molecule has 0 bridgehead atoms. The topological polar surface area (TPSA) is 35.2 Å². The molecule has 0 atom stereocenters. The van der Waals surface area contributed by atoms with E-state index in [-0.39, 0.29) is 0 Å². The normalized spacial score (nSPS) is 11.7. The molecule has 2 N–H and O–H groups in total. The van der Waals surface area contributed by atoms with Gasteiger partial charge in [-0.25, -0.2) is 0 Å². The molecule has 114 valence electrons. The van der Waals surface area contributed by atoms with Gasteiger partial charge in [0.2, 0.25) is 0 Å². The molecule has 2 nitrogen and oxygen atoms in total. The lowest BCUT2D eigenvalue weighted by Crippen LogP contribution is -2.03. The van der Waals surface area contributed by atoms with E-state index < -0.39 is 0 Å². The fraction of sp³-hybridized carbons (Fsp3) is 0.0476. The molecule has 0 heterocycles. The lowest BCUT2D eigenvalue weighted by Gasteiger charge is -2.14. The van der Waals surface area contributed by atoms with Crippen molar-refractivity contribution in [3.05, 3.63) is 102 Å². The molecule has 0 spiro atoms. The first-order valence-electron chi connectivity index (χ1n) is 7.54. The van der Waals surface area contributed by atoms with Crippen molar-refractivity contribution < 1.29 is 4.74 Å². The van der Waals surface area contributed by atoms with Gasteiger partial charge in [-0.05, 0) is 28.8 Å². The van der Waals surface area contributed by atoms with Gasteiger partial charge >= 0.3 is 0 Å². The molecular formula is C21H19NO. The highest BCUT2D eigenvalue weighted by atomic mass is 16.5. The van der Waals surface area contributed by atoms with Gasteiger partial charge in [0, 0.05) is 11.3 Å². The van der Waals surface area contributed by atoms with Gasteiger partial charge in [-0.1, -0.05) is 72.8 Å². The van der Waals surface area contributed by atoms with Crippen molar-refractivity contribution in [2.75, 3.05) is 7.11 Å². The Balaban J connectivity index is 2.18. The summed E-state index contributed by atoms with van der Waals surface area (Å²) >= 11 is 0. The van der Waals surface area contributed by atoms with E-state index >= 15 is 0 Å². The smallest absolute Gasteiger partial charge is 0.118 e. The highest BCUT2D eigenvalue weighted by Gasteiger charge is 2.11. The van der Waals surface area contributed by atoms with E-state index in [1.165, 1.54) is 0 Å². The zero-order chi connectivity index (χ0) is 16.1. The van der Waals surface area contributed by atoms with Crippen LogP contribution in [0.1, 0.15) is 16.7 Å². The van der Waals surface area contributed by atoms with E-state index in [1.807, 2.05) is 72.8 Å². The summed E-state index contributed by atoms with van der Waals surface area (Å²) in [4.78, 5) is 0. The van der Waals surface area contributed by atoms with Crippen LogP contribution in [0.4, 0.5) is 0 Å². The van der Waals surface area contributed by atoms with Crippen LogP contribution in [0.2, 0.25) is 0 Å². The Kier molecular flexibility index (Phi) is 4.44. The molecule has 0 fully saturated rings. The summed E-state index contributed by atoms with van der Waals surface area (Å²) < 4.78 is 5.25. The van der Waals surface area contributed by atoms with Crippen molar-refractivity contribution in [2.24, 2.45) is 5.73 Å². The van der Waals surface area contributed by atoms with Gasteiger partial charge in [0.1, 0.15) is 5.75 Å². The number of rotatable bonds is 4. The molecule has 0 unspecified atom stereocenters.